The van der Waals surface area contributed by atoms with Gasteiger partial charge in [-0.25, -0.2) is 4.79 Å². The quantitative estimate of drug-likeness (QED) is 0.557. The number of carbonyl (C=O) groups is 2. The SMILES string of the molecule is C=CCC(c1ccc(Cl)c(Cl)c1)C1(C)NC(=O)c2ccc(C(=O)OC)cc21. The summed E-state index contributed by atoms with van der Waals surface area (Å²) in [6.45, 7) is 5.80. The van der Waals surface area contributed by atoms with E-state index in [1.54, 1.807) is 36.4 Å². The van der Waals surface area contributed by atoms with E-state index in [0.29, 0.717) is 27.6 Å². The van der Waals surface area contributed by atoms with E-state index in [-0.39, 0.29) is 11.8 Å². The predicted molar refractivity (Wildman–Crippen MR) is 107 cm³/mol. The van der Waals surface area contributed by atoms with E-state index >= 15 is 0 Å². The summed E-state index contributed by atoms with van der Waals surface area (Å²) in [7, 11) is 1.33. The molecule has 2 aromatic carbocycles. The van der Waals surface area contributed by atoms with Crippen LogP contribution in [-0.4, -0.2) is 19.0 Å². The highest BCUT2D eigenvalue weighted by molar-refractivity contribution is 6.42. The first kappa shape index (κ1) is 19.5. The van der Waals surface area contributed by atoms with Gasteiger partial charge < -0.3 is 10.1 Å². The number of esters is 1. The van der Waals surface area contributed by atoms with Crippen LogP contribution in [0.15, 0.2) is 49.1 Å². The Morgan fingerprint density at radius 1 is 1.26 bits per heavy atom. The number of fused-ring (bicyclic) bond motifs is 1. The number of allylic oxidation sites excluding steroid dienone is 1. The van der Waals surface area contributed by atoms with Crippen LogP contribution >= 0.6 is 23.2 Å². The number of hydrogen-bond acceptors (Lipinski definition) is 3. The van der Waals surface area contributed by atoms with Gasteiger partial charge >= 0.3 is 5.97 Å². The maximum atomic E-state index is 12.6. The second-order valence-corrected chi connectivity index (χ2v) is 7.47. The molecular weight excluding hydrogens is 385 g/mol. The normalized spacial score (nSPS) is 19.2. The highest BCUT2D eigenvalue weighted by Crippen LogP contribution is 2.45. The lowest BCUT2D eigenvalue weighted by atomic mass is 9.74. The molecule has 0 aromatic heterocycles. The molecule has 6 heteroatoms. The summed E-state index contributed by atoms with van der Waals surface area (Å²) >= 11 is 12.3. The summed E-state index contributed by atoms with van der Waals surface area (Å²) in [6, 6.07) is 10.4. The first-order chi connectivity index (χ1) is 12.8. The van der Waals surface area contributed by atoms with Gasteiger partial charge in [0, 0.05) is 11.5 Å². The molecule has 0 bridgehead atoms. The smallest absolute Gasteiger partial charge is 0.337 e. The summed E-state index contributed by atoms with van der Waals surface area (Å²) in [4.78, 5) is 24.6. The minimum atomic E-state index is -0.748. The Hall–Kier alpha value is -2.30. The van der Waals surface area contributed by atoms with E-state index in [2.05, 4.69) is 11.9 Å². The number of nitrogens with one attached hydrogen (secondary N) is 1. The largest absolute Gasteiger partial charge is 0.465 e. The van der Waals surface area contributed by atoms with Crippen molar-refractivity contribution in [3.05, 3.63) is 81.4 Å². The molecule has 1 N–H and O–H groups in total. The zero-order valence-electron chi connectivity index (χ0n) is 15.0. The highest BCUT2D eigenvalue weighted by atomic mass is 35.5. The summed E-state index contributed by atoms with van der Waals surface area (Å²) < 4.78 is 4.82. The summed E-state index contributed by atoms with van der Waals surface area (Å²) in [5.74, 6) is -0.782. The number of halogens is 2. The molecule has 0 aliphatic carbocycles. The lowest BCUT2D eigenvalue weighted by Crippen LogP contribution is -2.42. The van der Waals surface area contributed by atoms with Crippen LogP contribution in [0.1, 0.15) is 51.1 Å². The highest BCUT2D eigenvalue weighted by Gasteiger charge is 2.45. The Morgan fingerprint density at radius 2 is 2.00 bits per heavy atom. The molecule has 1 aliphatic heterocycles. The molecule has 1 amide bonds. The van der Waals surface area contributed by atoms with E-state index in [1.165, 1.54) is 7.11 Å². The van der Waals surface area contributed by atoms with Crippen LogP contribution in [0, 0.1) is 0 Å². The standard InChI is InChI=1S/C21H19Cl2NO3/c1-4-5-15(12-7-9-17(22)18(23)11-12)21(2)16-10-13(20(26)27-3)6-8-14(16)19(25)24-21/h4,6-11,15H,1,5H2,2-3H3,(H,24,25). The number of amides is 1. The van der Waals surface area contributed by atoms with Crippen molar-refractivity contribution in [2.75, 3.05) is 7.11 Å². The molecule has 0 spiro atoms. The predicted octanol–water partition coefficient (Wildman–Crippen LogP) is 5.10. The van der Waals surface area contributed by atoms with E-state index in [4.69, 9.17) is 27.9 Å². The average molecular weight is 404 g/mol. The van der Waals surface area contributed by atoms with Gasteiger partial charge in [0.1, 0.15) is 0 Å². The summed E-state index contributed by atoms with van der Waals surface area (Å²) in [5.41, 5.74) is 1.85. The minimum Gasteiger partial charge on any atom is -0.465 e. The first-order valence-corrected chi connectivity index (χ1v) is 9.18. The Morgan fingerprint density at radius 3 is 2.63 bits per heavy atom. The molecular formula is C21H19Cl2NO3. The lowest BCUT2D eigenvalue weighted by Gasteiger charge is -2.35. The lowest BCUT2D eigenvalue weighted by molar-refractivity contribution is 0.0600. The molecule has 0 radical (unpaired) electrons. The molecule has 0 fully saturated rings. The van der Waals surface area contributed by atoms with E-state index in [9.17, 15) is 9.59 Å². The minimum absolute atomic E-state index is 0.150. The molecule has 140 valence electrons. The van der Waals surface area contributed by atoms with Crippen molar-refractivity contribution in [1.82, 2.24) is 5.32 Å². The van der Waals surface area contributed by atoms with Gasteiger partial charge in [0.25, 0.3) is 5.91 Å². The van der Waals surface area contributed by atoms with Crippen LogP contribution in [0.4, 0.5) is 0 Å². The second kappa shape index (κ2) is 7.37. The van der Waals surface area contributed by atoms with Gasteiger partial charge in [-0.3, -0.25) is 4.79 Å². The van der Waals surface area contributed by atoms with Gasteiger partial charge in [0.15, 0.2) is 0 Å². The average Bonchev–Trinajstić information content (AvgIpc) is 2.92. The Labute approximate surface area is 168 Å². The molecule has 2 unspecified atom stereocenters. The van der Waals surface area contributed by atoms with Crippen molar-refractivity contribution < 1.29 is 14.3 Å². The third-order valence-corrected chi connectivity index (χ3v) is 5.80. The Bertz CT molecular complexity index is 941. The van der Waals surface area contributed by atoms with Gasteiger partial charge in [-0.2, -0.15) is 0 Å². The van der Waals surface area contributed by atoms with E-state index in [0.717, 1.165) is 11.1 Å². The van der Waals surface area contributed by atoms with E-state index in [1.807, 2.05) is 13.0 Å². The van der Waals surface area contributed by atoms with Crippen molar-refractivity contribution in [3.8, 4) is 0 Å². The van der Waals surface area contributed by atoms with Crippen molar-refractivity contribution in [2.24, 2.45) is 0 Å². The number of rotatable bonds is 5. The molecule has 3 rings (SSSR count). The van der Waals surface area contributed by atoms with Gasteiger partial charge in [-0.05, 0) is 54.8 Å². The molecule has 4 nitrogen and oxygen atoms in total. The Kier molecular flexibility index (Phi) is 5.31. The van der Waals surface area contributed by atoms with Crippen LogP contribution in [0.2, 0.25) is 10.0 Å². The van der Waals surface area contributed by atoms with Crippen molar-refractivity contribution in [1.29, 1.82) is 0 Å². The molecule has 2 atom stereocenters. The topological polar surface area (TPSA) is 55.4 Å². The number of benzene rings is 2. The van der Waals surface area contributed by atoms with Crippen molar-refractivity contribution in [3.63, 3.8) is 0 Å². The summed E-state index contributed by atoms with van der Waals surface area (Å²) in [6.07, 6.45) is 2.39. The monoisotopic (exact) mass is 403 g/mol. The molecule has 2 aromatic rings. The third-order valence-electron chi connectivity index (χ3n) is 5.06. The van der Waals surface area contributed by atoms with Crippen LogP contribution in [0.5, 0.6) is 0 Å². The number of ether oxygens (including phenoxy) is 1. The fourth-order valence-corrected chi connectivity index (χ4v) is 3.97. The first-order valence-electron chi connectivity index (χ1n) is 8.43. The molecule has 27 heavy (non-hydrogen) atoms. The van der Waals surface area contributed by atoms with Gasteiger partial charge in [-0.1, -0.05) is 35.3 Å². The van der Waals surface area contributed by atoms with Crippen LogP contribution < -0.4 is 5.32 Å². The summed E-state index contributed by atoms with van der Waals surface area (Å²) in [5, 5.41) is 3.99. The zero-order chi connectivity index (χ0) is 19.8. The maximum absolute atomic E-state index is 12.6. The van der Waals surface area contributed by atoms with Crippen LogP contribution in [0.25, 0.3) is 0 Å². The number of methoxy groups -OCH3 is 1. The third kappa shape index (κ3) is 3.35. The van der Waals surface area contributed by atoms with Crippen molar-refractivity contribution in [2.45, 2.75) is 24.8 Å². The van der Waals surface area contributed by atoms with E-state index < -0.39 is 11.5 Å². The van der Waals surface area contributed by atoms with Crippen LogP contribution in [0.3, 0.4) is 0 Å². The van der Waals surface area contributed by atoms with Gasteiger partial charge in [-0.15, -0.1) is 6.58 Å². The molecule has 0 saturated heterocycles. The van der Waals surface area contributed by atoms with Crippen molar-refractivity contribution >= 4 is 35.1 Å². The maximum Gasteiger partial charge on any atom is 0.337 e. The fraction of sp³-hybridized carbons (Fsp3) is 0.238. The second-order valence-electron chi connectivity index (χ2n) is 6.66. The van der Waals surface area contributed by atoms with Gasteiger partial charge in [0.2, 0.25) is 0 Å². The fourth-order valence-electron chi connectivity index (χ4n) is 3.66. The number of carbonyl (C=O) groups excluding carboxylic acids is 2. The Balaban J connectivity index is 2.16. The molecule has 0 saturated carbocycles. The molecule has 1 heterocycles. The molecule has 1 aliphatic rings. The van der Waals surface area contributed by atoms with Gasteiger partial charge in [0.05, 0.1) is 28.3 Å². The zero-order valence-corrected chi connectivity index (χ0v) is 16.5. The van der Waals surface area contributed by atoms with Crippen LogP contribution in [-0.2, 0) is 10.3 Å². The number of hydrogen-bond donors (Lipinski definition) is 1.